The smallest absolute Gasteiger partial charge is 0.0641 e. The number of benzene rings is 10. The van der Waals surface area contributed by atoms with Crippen LogP contribution in [0.2, 0.25) is 0 Å². The molecule has 0 aliphatic heterocycles. The van der Waals surface area contributed by atoms with E-state index in [1.807, 2.05) is 0 Å². The summed E-state index contributed by atoms with van der Waals surface area (Å²) in [6, 6.07) is 86.4. The minimum Gasteiger partial charge on any atom is -0.309 e. The zero-order valence-corrected chi connectivity index (χ0v) is 34.9. The second-order valence-corrected chi connectivity index (χ2v) is 16.5. The first kappa shape index (κ1) is 36.6. The molecular formula is C61H42N2. The SMILES string of the molecule is Cc1c(-c2ccccc2)cc(-n2c3ccccc3c3ccc4c(c5ccccc5n4-c4cccc(-c5cccc(-c6ccccc6)c5)c4)c32)cc1-c1cccc(-c2ccccc2)c1. The minimum atomic E-state index is 1.13. The molecule has 12 rings (SSSR count). The number of aromatic nitrogens is 2. The maximum atomic E-state index is 2.53. The van der Waals surface area contributed by atoms with Gasteiger partial charge in [-0.3, -0.25) is 0 Å². The number of rotatable bonds is 7. The molecule has 0 fully saturated rings. The minimum absolute atomic E-state index is 1.13. The Hall–Kier alpha value is -8.20. The molecular weight excluding hydrogens is 761 g/mol. The van der Waals surface area contributed by atoms with E-state index in [-0.39, 0.29) is 0 Å². The summed E-state index contributed by atoms with van der Waals surface area (Å²) in [5.41, 5.74) is 20.3. The first-order valence-corrected chi connectivity index (χ1v) is 21.8. The van der Waals surface area contributed by atoms with Crippen LogP contribution in [0.5, 0.6) is 0 Å². The standard InChI is InChI=1S/C61H42N2/c1-41-55(44-22-9-4-10-23-44)39-51(40-56(41)49-28-16-25-46(37-49)43-20-7-3-8-21-43)63-57-32-13-11-30-52(57)53-34-35-59-60(61(53)63)54-31-12-14-33-58(54)62(59)50-29-17-27-48(38-50)47-26-15-24-45(36-47)42-18-5-2-6-19-42/h2-40H,1H3. The first-order chi connectivity index (χ1) is 31.2. The van der Waals surface area contributed by atoms with Gasteiger partial charge in [-0.1, -0.05) is 182 Å². The number of hydrogen-bond acceptors (Lipinski definition) is 0. The highest BCUT2D eigenvalue weighted by atomic mass is 15.0. The van der Waals surface area contributed by atoms with Gasteiger partial charge in [0.2, 0.25) is 0 Å². The van der Waals surface area contributed by atoms with E-state index in [2.05, 4.69) is 253 Å². The van der Waals surface area contributed by atoms with Crippen molar-refractivity contribution in [3.63, 3.8) is 0 Å². The highest BCUT2D eigenvalue weighted by Gasteiger charge is 2.22. The molecule has 0 unspecified atom stereocenters. The maximum absolute atomic E-state index is 2.53. The highest BCUT2D eigenvalue weighted by Crippen LogP contribution is 2.44. The van der Waals surface area contributed by atoms with Gasteiger partial charge in [0.05, 0.1) is 22.1 Å². The fourth-order valence-electron chi connectivity index (χ4n) is 9.93. The molecule has 2 heteroatoms. The van der Waals surface area contributed by atoms with Crippen LogP contribution in [-0.2, 0) is 0 Å². The van der Waals surface area contributed by atoms with Crippen LogP contribution in [0, 0.1) is 6.92 Å². The van der Waals surface area contributed by atoms with Crippen LogP contribution >= 0.6 is 0 Å². The van der Waals surface area contributed by atoms with Crippen molar-refractivity contribution in [1.29, 1.82) is 0 Å². The quantitative estimate of drug-likeness (QED) is 0.152. The predicted octanol–water partition coefficient (Wildman–Crippen LogP) is 16.5. The molecule has 63 heavy (non-hydrogen) atoms. The Kier molecular flexibility index (Phi) is 8.76. The lowest BCUT2D eigenvalue weighted by Gasteiger charge is -2.18. The summed E-state index contributed by atoms with van der Waals surface area (Å²) < 4.78 is 4.99. The Bertz CT molecular complexity index is 3670. The second-order valence-electron chi connectivity index (χ2n) is 16.5. The Morgan fingerprint density at radius 1 is 0.270 bits per heavy atom. The summed E-state index contributed by atoms with van der Waals surface area (Å²) in [7, 11) is 0. The average Bonchev–Trinajstić information content (AvgIpc) is 3.88. The molecule has 0 radical (unpaired) electrons. The molecule has 0 spiro atoms. The van der Waals surface area contributed by atoms with Gasteiger partial charge in [0.1, 0.15) is 0 Å². The molecule has 10 aromatic carbocycles. The van der Waals surface area contributed by atoms with Crippen LogP contribution in [0.4, 0.5) is 0 Å². The fraction of sp³-hybridized carbons (Fsp3) is 0.0164. The van der Waals surface area contributed by atoms with Gasteiger partial charge in [-0.05, 0) is 123 Å². The van der Waals surface area contributed by atoms with Gasteiger partial charge < -0.3 is 9.13 Å². The normalized spacial score (nSPS) is 11.6. The zero-order chi connectivity index (χ0) is 41.9. The third kappa shape index (κ3) is 6.18. The fourth-order valence-corrected chi connectivity index (χ4v) is 9.93. The van der Waals surface area contributed by atoms with Crippen molar-refractivity contribution in [3.05, 3.63) is 242 Å². The van der Waals surface area contributed by atoms with E-state index in [4.69, 9.17) is 0 Å². The van der Waals surface area contributed by atoms with Crippen LogP contribution in [0.15, 0.2) is 237 Å². The van der Waals surface area contributed by atoms with Crippen molar-refractivity contribution in [2.45, 2.75) is 6.92 Å². The van der Waals surface area contributed by atoms with Gasteiger partial charge in [-0.2, -0.15) is 0 Å². The maximum Gasteiger partial charge on any atom is 0.0641 e. The van der Waals surface area contributed by atoms with Gasteiger partial charge in [-0.25, -0.2) is 0 Å². The van der Waals surface area contributed by atoms with E-state index in [9.17, 15) is 0 Å². The summed E-state index contributed by atoms with van der Waals surface area (Å²) >= 11 is 0. The Labute approximate surface area is 367 Å². The summed E-state index contributed by atoms with van der Waals surface area (Å²) in [5, 5.41) is 4.94. The molecule has 0 aliphatic carbocycles. The molecule has 296 valence electrons. The largest absolute Gasteiger partial charge is 0.309 e. The van der Waals surface area contributed by atoms with Gasteiger partial charge in [-0.15, -0.1) is 0 Å². The predicted molar refractivity (Wildman–Crippen MR) is 267 cm³/mol. The van der Waals surface area contributed by atoms with Crippen molar-refractivity contribution in [1.82, 2.24) is 9.13 Å². The molecule has 12 aromatic rings. The van der Waals surface area contributed by atoms with E-state index in [0.29, 0.717) is 0 Å². The molecule has 0 atom stereocenters. The summed E-state index contributed by atoms with van der Waals surface area (Å²) in [6.07, 6.45) is 0. The van der Waals surface area contributed by atoms with Crippen molar-refractivity contribution in [2.75, 3.05) is 0 Å². The van der Waals surface area contributed by atoms with Crippen LogP contribution in [-0.4, -0.2) is 9.13 Å². The van der Waals surface area contributed by atoms with Gasteiger partial charge in [0.15, 0.2) is 0 Å². The van der Waals surface area contributed by atoms with Crippen molar-refractivity contribution >= 4 is 43.6 Å². The van der Waals surface area contributed by atoms with Crippen LogP contribution in [0.3, 0.4) is 0 Å². The summed E-state index contributed by atoms with van der Waals surface area (Å²) in [5.74, 6) is 0. The van der Waals surface area contributed by atoms with Crippen molar-refractivity contribution < 1.29 is 0 Å². The van der Waals surface area contributed by atoms with E-state index >= 15 is 0 Å². The number of hydrogen-bond donors (Lipinski definition) is 0. The molecule has 2 aromatic heterocycles. The van der Waals surface area contributed by atoms with Crippen LogP contribution in [0.1, 0.15) is 5.56 Å². The molecule has 0 amide bonds. The van der Waals surface area contributed by atoms with Gasteiger partial charge >= 0.3 is 0 Å². The van der Waals surface area contributed by atoms with Crippen LogP contribution in [0.25, 0.3) is 111 Å². The molecule has 0 saturated carbocycles. The van der Waals surface area contributed by atoms with E-state index in [1.54, 1.807) is 0 Å². The molecule has 2 heterocycles. The second kappa shape index (κ2) is 15.1. The summed E-state index contributed by atoms with van der Waals surface area (Å²) in [6.45, 7) is 2.28. The Morgan fingerprint density at radius 2 is 0.730 bits per heavy atom. The first-order valence-electron chi connectivity index (χ1n) is 21.8. The lowest BCUT2D eigenvalue weighted by atomic mass is 9.90. The molecule has 0 saturated heterocycles. The van der Waals surface area contributed by atoms with Crippen molar-refractivity contribution in [2.24, 2.45) is 0 Å². The number of fused-ring (bicyclic) bond motifs is 7. The Balaban J connectivity index is 1.12. The zero-order valence-electron chi connectivity index (χ0n) is 34.9. The molecule has 0 N–H and O–H groups in total. The lowest BCUT2D eigenvalue weighted by molar-refractivity contribution is 1.17. The number of nitrogens with zero attached hydrogens (tertiary/aromatic N) is 2. The third-order valence-corrected chi connectivity index (χ3v) is 12.9. The molecule has 0 aliphatic rings. The average molecular weight is 803 g/mol. The van der Waals surface area contributed by atoms with Crippen LogP contribution < -0.4 is 0 Å². The lowest BCUT2D eigenvalue weighted by Crippen LogP contribution is -1.99. The van der Waals surface area contributed by atoms with Crippen molar-refractivity contribution in [3.8, 4) is 67.0 Å². The number of para-hydroxylation sites is 2. The van der Waals surface area contributed by atoms with E-state index in [0.717, 1.165) is 11.4 Å². The third-order valence-electron chi connectivity index (χ3n) is 12.9. The van der Waals surface area contributed by atoms with Gasteiger partial charge in [0.25, 0.3) is 0 Å². The Morgan fingerprint density at radius 3 is 1.38 bits per heavy atom. The summed E-state index contributed by atoms with van der Waals surface area (Å²) in [4.78, 5) is 0. The molecule has 0 bridgehead atoms. The topological polar surface area (TPSA) is 9.86 Å². The highest BCUT2D eigenvalue weighted by molar-refractivity contribution is 6.26. The van der Waals surface area contributed by atoms with E-state index in [1.165, 1.54) is 105 Å². The monoisotopic (exact) mass is 802 g/mol. The molecule has 2 nitrogen and oxygen atoms in total. The van der Waals surface area contributed by atoms with Gasteiger partial charge in [0, 0.05) is 32.9 Å². The van der Waals surface area contributed by atoms with E-state index < -0.39 is 0 Å².